The summed E-state index contributed by atoms with van der Waals surface area (Å²) in [5, 5.41) is 3.26. The van der Waals surface area contributed by atoms with E-state index in [0.717, 1.165) is 12.0 Å². The molecule has 0 amide bonds. The summed E-state index contributed by atoms with van der Waals surface area (Å²) < 4.78 is 19.3. The van der Waals surface area contributed by atoms with Crippen molar-refractivity contribution in [2.45, 2.75) is 46.7 Å². The van der Waals surface area contributed by atoms with Gasteiger partial charge in [-0.3, -0.25) is 0 Å². The zero-order chi connectivity index (χ0) is 13.5. The third-order valence-corrected chi connectivity index (χ3v) is 2.93. The summed E-state index contributed by atoms with van der Waals surface area (Å²) in [5.74, 6) is 0.525. The monoisotopic (exact) mass is 253 g/mol. The number of nitrogens with one attached hydrogen (secondary N) is 1. The van der Waals surface area contributed by atoms with Crippen LogP contribution in [0.25, 0.3) is 0 Å². The third-order valence-electron chi connectivity index (χ3n) is 2.93. The highest BCUT2D eigenvalue weighted by molar-refractivity contribution is 5.29. The van der Waals surface area contributed by atoms with Crippen molar-refractivity contribution in [2.75, 3.05) is 6.61 Å². The van der Waals surface area contributed by atoms with Crippen LogP contribution in [-0.4, -0.2) is 12.6 Å². The van der Waals surface area contributed by atoms with Crippen molar-refractivity contribution in [3.8, 4) is 5.75 Å². The van der Waals surface area contributed by atoms with Gasteiger partial charge in [0.2, 0.25) is 0 Å². The van der Waals surface area contributed by atoms with Gasteiger partial charge in [-0.2, -0.15) is 0 Å². The average Bonchev–Trinajstić information content (AvgIpc) is 2.34. The molecule has 1 aromatic carbocycles. The smallest absolute Gasteiger partial charge is 0.165 e. The molecule has 2 nitrogen and oxygen atoms in total. The summed E-state index contributed by atoms with van der Waals surface area (Å²) in [6, 6.07) is 5.57. The second kappa shape index (κ2) is 7.37. The Balaban J connectivity index is 2.56. The van der Waals surface area contributed by atoms with Crippen LogP contribution in [0, 0.1) is 11.7 Å². The number of halogens is 1. The second-order valence-corrected chi connectivity index (χ2v) is 5.12. The van der Waals surface area contributed by atoms with Gasteiger partial charge in [-0.1, -0.05) is 40.2 Å². The molecule has 0 heterocycles. The summed E-state index contributed by atoms with van der Waals surface area (Å²) in [6.45, 7) is 9.58. The number of hydrogen-bond acceptors (Lipinski definition) is 2. The molecular weight excluding hydrogens is 229 g/mol. The van der Waals surface area contributed by atoms with E-state index in [1.165, 1.54) is 0 Å². The van der Waals surface area contributed by atoms with E-state index in [9.17, 15) is 4.39 Å². The van der Waals surface area contributed by atoms with Gasteiger partial charge in [-0.25, -0.2) is 4.39 Å². The van der Waals surface area contributed by atoms with Crippen molar-refractivity contribution >= 4 is 0 Å². The van der Waals surface area contributed by atoms with E-state index in [1.807, 2.05) is 6.07 Å². The van der Waals surface area contributed by atoms with Crippen molar-refractivity contribution in [1.29, 1.82) is 0 Å². The summed E-state index contributed by atoms with van der Waals surface area (Å²) in [5.41, 5.74) is 0.942. The van der Waals surface area contributed by atoms with Crippen molar-refractivity contribution in [2.24, 2.45) is 5.92 Å². The zero-order valence-electron chi connectivity index (χ0n) is 11.8. The van der Waals surface area contributed by atoms with E-state index in [0.29, 0.717) is 30.9 Å². The quantitative estimate of drug-likeness (QED) is 0.799. The van der Waals surface area contributed by atoms with E-state index >= 15 is 0 Å². The molecular formula is C15H24FNO. The molecule has 0 spiro atoms. The molecule has 0 saturated carbocycles. The Labute approximate surface area is 110 Å². The number of benzene rings is 1. The molecule has 0 aliphatic heterocycles. The summed E-state index contributed by atoms with van der Waals surface area (Å²) in [7, 11) is 0. The Bertz CT molecular complexity index is 366. The molecule has 3 heteroatoms. The Morgan fingerprint density at radius 1 is 1.28 bits per heavy atom. The Kier molecular flexibility index (Phi) is 6.13. The minimum Gasteiger partial charge on any atom is -0.490 e. The van der Waals surface area contributed by atoms with Gasteiger partial charge >= 0.3 is 0 Å². The average molecular weight is 253 g/mol. The zero-order valence-corrected chi connectivity index (χ0v) is 11.8. The molecule has 0 aliphatic carbocycles. The fraction of sp³-hybridized carbons (Fsp3) is 0.600. The number of ether oxygens (including phenoxy) is 1. The number of rotatable bonds is 7. The molecule has 0 fully saturated rings. The van der Waals surface area contributed by atoms with Crippen LogP contribution < -0.4 is 10.1 Å². The highest BCUT2D eigenvalue weighted by Crippen LogP contribution is 2.19. The van der Waals surface area contributed by atoms with Gasteiger partial charge in [-0.15, -0.1) is 0 Å². The van der Waals surface area contributed by atoms with E-state index in [1.54, 1.807) is 12.1 Å². The van der Waals surface area contributed by atoms with Gasteiger partial charge in [0.15, 0.2) is 11.6 Å². The minimum absolute atomic E-state index is 0.277. The molecule has 0 aliphatic rings. The maximum Gasteiger partial charge on any atom is 0.165 e. The molecule has 1 aromatic rings. The summed E-state index contributed by atoms with van der Waals surface area (Å²) >= 11 is 0. The van der Waals surface area contributed by atoms with Crippen molar-refractivity contribution < 1.29 is 9.13 Å². The normalized spacial score (nSPS) is 12.8. The Hall–Kier alpha value is -1.09. The lowest BCUT2D eigenvalue weighted by Crippen LogP contribution is -2.21. The lowest BCUT2D eigenvalue weighted by molar-refractivity contribution is 0.246. The van der Waals surface area contributed by atoms with Crippen LogP contribution in [0.5, 0.6) is 5.75 Å². The Morgan fingerprint density at radius 3 is 2.56 bits per heavy atom. The van der Waals surface area contributed by atoms with Crippen LogP contribution in [0.1, 0.15) is 39.7 Å². The van der Waals surface area contributed by atoms with Crippen molar-refractivity contribution in [3.05, 3.63) is 29.6 Å². The minimum atomic E-state index is -0.277. The first kappa shape index (κ1) is 15.0. The predicted octanol–water partition coefficient (Wildman–Crippen LogP) is 3.75. The van der Waals surface area contributed by atoms with Crippen LogP contribution in [0.3, 0.4) is 0 Å². The fourth-order valence-corrected chi connectivity index (χ4v) is 1.44. The predicted molar refractivity (Wildman–Crippen MR) is 73.3 cm³/mol. The highest BCUT2D eigenvalue weighted by atomic mass is 19.1. The van der Waals surface area contributed by atoms with Crippen LogP contribution in [0.15, 0.2) is 18.2 Å². The SMILES string of the molecule is CCC(C)COc1ccc(CNC(C)C)cc1F. The first-order valence-corrected chi connectivity index (χ1v) is 6.67. The van der Waals surface area contributed by atoms with Gasteiger partial charge in [0.25, 0.3) is 0 Å². The van der Waals surface area contributed by atoms with Crippen LogP contribution in [0.2, 0.25) is 0 Å². The first-order chi connectivity index (χ1) is 8.52. The number of hydrogen-bond donors (Lipinski definition) is 1. The van der Waals surface area contributed by atoms with Crippen LogP contribution in [0.4, 0.5) is 4.39 Å². The second-order valence-electron chi connectivity index (χ2n) is 5.12. The maximum atomic E-state index is 13.8. The van der Waals surface area contributed by atoms with Gasteiger partial charge in [-0.05, 0) is 23.6 Å². The van der Waals surface area contributed by atoms with Gasteiger partial charge in [0.1, 0.15) is 0 Å². The lowest BCUT2D eigenvalue weighted by Gasteiger charge is -2.13. The Morgan fingerprint density at radius 2 is 2.00 bits per heavy atom. The third kappa shape index (κ3) is 5.05. The topological polar surface area (TPSA) is 21.3 Å². The van der Waals surface area contributed by atoms with E-state index in [4.69, 9.17) is 4.74 Å². The maximum absolute atomic E-state index is 13.8. The van der Waals surface area contributed by atoms with E-state index in [-0.39, 0.29) is 5.82 Å². The van der Waals surface area contributed by atoms with E-state index in [2.05, 4.69) is 33.0 Å². The lowest BCUT2D eigenvalue weighted by atomic mass is 10.1. The van der Waals surface area contributed by atoms with Crippen LogP contribution in [-0.2, 0) is 6.54 Å². The van der Waals surface area contributed by atoms with Gasteiger partial charge < -0.3 is 10.1 Å². The van der Waals surface area contributed by atoms with Crippen molar-refractivity contribution in [1.82, 2.24) is 5.32 Å². The molecule has 0 bridgehead atoms. The van der Waals surface area contributed by atoms with Gasteiger partial charge in [0, 0.05) is 12.6 Å². The molecule has 1 atom stereocenters. The largest absolute Gasteiger partial charge is 0.490 e. The van der Waals surface area contributed by atoms with E-state index < -0.39 is 0 Å². The fourth-order valence-electron chi connectivity index (χ4n) is 1.44. The summed E-state index contributed by atoms with van der Waals surface area (Å²) in [6.07, 6.45) is 1.04. The molecule has 0 aromatic heterocycles. The van der Waals surface area contributed by atoms with Gasteiger partial charge in [0.05, 0.1) is 6.61 Å². The molecule has 0 radical (unpaired) electrons. The molecule has 1 rings (SSSR count). The standard InChI is InChI=1S/C15H24FNO/c1-5-12(4)10-18-15-7-6-13(8-14(15)16)9-17-11(2)3/h6-8,11-12,17H,5,9-10H2,1-4H3. The molecule has 18 heavy (non-hydrogen) atoms. The van der Waals surface area contributed by atoms with Crippen LogP contribution >= 0.6 is 0 Å². The molecule has 0 saturated heterocycles. The molecule has 1 N–H and O–H groups in total. The first-order valence-electron chi connectivity index (χ1n) is 6.67. The molecule has 1 unspecified atom stereocenters. The summed E-state index contributed by atoms with van der Waals surface area (Å²) in [4.78, 5) is 0. The molecule has 102 valence electrons. The highest BCUT2D eigenvalue weighted by Gasteiger charge is 2.07. The van der Waals surface area contributed by atoms with Crippen molar-refractivity contribution in [3.63, 3.8) is 0 Å².